The van der Waals surface area contributed by atoms with Crippen LogP contribution in [0.25, 0.3) is 10.9 Å². The number of nitrogens with zero attached hydrogens (tertiary/aromatic N) is 2. The Morgan fingerprint density at radius 1 is 1.28 bits per heavy atom. The number of nitrogens with one attached hydrogen (secondary N) is 3. The first-order chi connectivity index (χ1) is 14.1. The molecular weight excluding hydrogens is 362 g/mol. The van der Waals surface area contributed by atoms with Gasteiger partial charge in [-0.05, 0) is 44.2 Å². The number of hydrogen-bond donors (Lipinski definition) is 3. The molecule has 0 saturated carbocycles. The summed E-state index contributed by atoms with van der Waals surface area (Å²) in [5.41, 5.74) is 2.55. The molecule has 0 radical (unpaired) electrons. The number of aryl methyl sites for hydroxylation is 1. The van der Waals surface area contributed by atoms with Crippen molar-refractivity contribution >= 4 is 22.8 Å². The number of fused-ring (bicyclic) bond motifs is 1. The Bertz CT molecular complexity index is 818. The minimum atomic E-state index is 0.0792. The molecule has 1 aliphatic heterocycles. The van der Waals surface area contributed by atoms with Crippen LogP contribution in [0.3, 0.4) is 0 Å². The summed E-state index contributed by atoms with van der Waals surface area (Å²) in [5, 5.41) is 8.23. The van der Waals surface area contributed by atoms with E-state index in [1.54, 1.807) is 0 Å². The zero-order chi connectivity index (χ0) is 20.6. The highest BCUT2D eigenvalue weighted by Crippen LogP contribution is 2.19. The monoisotopic (exact) mass is 397 g/mol. The SMILES string of the molecule is CCNC(=NCCCc1c[nH]c2ccccc12)NC1CCN(C(=O)C(C)C)CC1. The normalized spacial score (nSPS) is 15.9. The van der Waals surface area contributed by atoms with Crippen LogP contribution in [0.5, 0.6) is 0 Å². The topological polar surface area (TPSA) is 72.5 Å². The smallest absolute Gasteiger partial charge is 0.225 e. The number of piperidine rings is 1. The number of guanidine groups is 1. The number of rotatable bonds is 7. The van der Waals surface area contributed by atoms with Crippen LogP contribution in [0.4, 0.5) is 0 Å². The number of aromatic nitrogens is 1. The van der Waals surface area contributed by atoms with Crippen molar-refractivity contribution in [3.05, 3.63) is 36.0 Å². The van der Waals surface area contributed by atoms with Crippen LogP contribution in [-0.2, 0) is 11.2 Å². The van der Waals surface area contributed by atoms with Gasteiger partial charge in [0.2, 0.25) is 5.91 Å². The number of benzene rings is 1. The third-order valence-electron chi connectivity index (χ3n) is 5.53. The summed E-state index contributed by atoms with van der Waals surface area (Å²) in [7, 11) is 0. The zero-order valence-electron chi connectivity index (χ0n) is 18.0. The molecule has 29 heavy (non-hydrogen) atoms. The van der Waals surface area contributed by atoms with E-state index in [9.17, 15) is 4.79 Å². The minimum Gasteiger partial charge on any atom is -0.361 e. The molecule has 1 fully saturated rings. The van der Waals surface area contributed by atoms with Crippen molar-refractivity contribution in [2.75, 3.05) is 26.2 Å². The van der Waals surface area contributed by atoms with E-state index in [0.717, 1.165) is 57.8 Å². The number of hydrogen-bond acceptors (Lipinski definition) is 2. The first-order valence-electron chi connectivity index (χ1n) is 11.0. The number of likely N-dealkylation sites (tertiary alicyclic amines) is 1. The van der Waals surface area contributed by atoms with E-state index in [1.807, 2.05) is 18.7 Å². The number of amides is 1. The van der Waals surface area contributed by atoms with Crippen molar-refractivity contribution in [2.45, 2.75) is 52.5 Å². The standard InChI is InChI=1S/C23H35N5O/c1-4-24-23(27-19-11-14-28(15-12-19)22(29)17(2)3)25-13-7-8-18-16-26-21-10-6-5-9-20(18)21/h5-6,9-10,16-17,19,26H,4,7-8,11-15H2,1-3H3,(H2,24,25,27). The lowest BCUT2D eigenvalue weighted by atomic mass is 10.0. The fraction of sp³-hybridized carbons (Fsp3) is 0.565. The van der Waals surface area contributed by atoms with Crippen LogP contribution in [0, 0.1) is 5.92 Å². The number of H-pyrrole nitrogens is 1. The summed E-state index contributed by atoms with van der Waals surface area (Å²) < 4.78 is 0. The van der Waals surface area contributed by atoms with Gasteiger partial charge in [0, 0.05) is 55.2 Å². The molecule has 158 valence electrons. The fourth-order valence-corrected chi connectivity index (χ4v) is 3.92. The largest absolute Gasteiger partial charge is 0.361 e. The lowest BCUT2D eigenvalue weighted by Crippen LogP contribution is -2.50. The number of carbonyl (C=O) groups excluding carboxylic acids is 1. The third-order valence-corrected chi connectivity index (χ3v) is 5.53. The van der Waals surface area contributed by atoms with E-state index in [-0.39, 0.29) is 11.8 Å². The predicted octanol–water partition coefficient (Wildman–Crippen LogP) is 3.30. The summed E-state index contributed by atoms with van der Waals surface area (Å²) in [4.78, 5) is 22.3. The average molecular weight is 398 g/mol. The van der Waals surface area contributed by atoms with E-state index in [0.29, 0.717) is 6.04 Å². The Balaban J connectivity index is 1.47. The maximum atomic E-state index is 12.2. The zero-order valence-corrected chi connectivity index (χ0v) is 18.0. The summed E-state index contributed by atoms with van der Waals surface area (Å²) in [6.45, 7) is 9.33. The van der Waals surface area contributed by atoms with Crippen molar-refractivity contribution in [3.63, 3.8) is 0 Å². The van der Waals surface area contributed by atoms with E-state index >= 15 is 0 Å². The molecule has 2 heterocycles. The van der Waals surface area contributed by atoms with Gasteiger partial charge in [0.1, 0.15) is 0 Å². The van der Waals surface area contributed by atoms with Gasteiger partial charge in [-0.25, -0.2) is 0 Å². The Labute approximate surface area is 174 Å². The van der Waals surface area contributed by atoms with Crippen molar-refractivity contribution < 1.29 is 4.79 Å². The van der Waals surface area contributed by atoms with Gasteiger partial charge in [-0.1, -0.05) is 32.0 Å². The highest BCUT2D eigenvalue weighted by molar-refractivity contribution is 5.83. The molecule has 2 aromatic rings. The van der Waals surface area contributed by atoms with Gasteiger partial charge >= 0.3 is 0 Å². The van der Waals surface area contributed by atoms with Gasteiger partial charge in [-0.15, -0.1) is 0 Å². The maximum Gasteiger partial charge on any atom is 0.225 e. The Hall–Kier alpha value is -2.50. The van der Waals surface area contributed by atoms with E-state index in [1.165, 1.54) is 16.5 Å². The lowest BCUT2D eigenvalue weighted by Gasteiger charge is -2.34. The number of aromatic amines is 1. The van der Waals surface area contributed by atoms with E-state index < -0.39 is 0 Å². The highest BCUT2D eigenvalue weighted by atomic mass is 16.2. The quantitative estimate of drug-likeness (QED) is 0.381. The molecular formula is C23H35N5O. The molecule has 0 atom stereocenters. The van der Waals surface area contributed by atoms with Crippen LogP contribution < -0.4 is 10.6 Å². The van der Waals surface area contributed by atoms with E-state index in [4.69, 9.17) is 4.99 Å². The molecule has 0 aliphatic carbocycles. The molecule has 0 spiro atoms. The predicted molar refractivity (Wildman–Crippen MR) is 120 cm³/mol. The summed E-state index contributed by atoms with van der Waals surface area (Å²) in [6, 6.07) is 8.81. The van der Waals surface area contributed by atoms with Crippen LogP contribution in [0.1, 0.15) is 45.6 Å². The summed E-state index contributed by atoms with van der Waals surface area (Å²) in [5.74, 6) is 1.23. The Kier molecular flexibility index (Phi) is 7.55. The Morgan fingerprint density at radius 3 is 2.76 bits per heavy atom. The van der Waals surface area contributed by atoms with Gasteiger partial charge in [0.15, 0.2) is 5.96 Å². The van der Waals surface area contributed by atoms with Crippen molar-refractivity contribution in [2.24, 2.45) is 10.9 Å². The molecule has 0 unspecified atom stereocenters. The molecule has 3 N–H and O–H groups in total. The third kappa shape index (κ3) is 5.75. The summed E-state index contributed by atoms with van der Waals surface area (Å²) >= 11 is 0. The van der Waals surface area contributed by atoms with Gasteiger partial charge in [0.25, 0.3) is 0 Å². The number of para-hydroxylation sites is 1. The van der Waals surface area contributed by atoms with E-state index in [2.05, 4.69) is 53.0 Å². The molecule has 1 saturated heterocycles. The Morgan fingerprint density at radius 2 is 2.03 bits per heavy atom. The second kappa shape index (κ2) is 10.3. The van der Waals surface area contributed by atoms with Crippen LogP contribution in [0.15, 0.2) is 35.5 Å². The first-order valence-corrected chi connectivity index (χ1v) is 11.0. The van der Waals surface area contributed by atoms with Crippen LogP contribution in [-0.4, -0.2) is 54.0 Å². The second-order valence-corrected chi connectivity index (χ2v) is 8.12. The van der Waals surface area contributed by atoms with Crippen molar-refractivity contribution in [1.82, 2.24) is 20.5 Å². The summed E-state index contributed by atoms with van der Waals surface area (Å²) in [6.07, 6.45) is 6.09. The second-order valence-electron chi connectivity index (χ2n) is 8.12. The molecule has 6 nitrogen and oxygen atoms in total. The lowest BCUT2D eigenvalue weighted by molar-refractivity contribution is -0.135. The molecule has 1 aromatic heterocycles. The van der Waals surface area contributed by atoms with Gasteiger partial charge in [-0.3, -0.25) is 9.79 Å². The first kappa shape index (κ1) is 21.2. The minimum absolute atomic E-state index is 0.0792. The molecule has 1 aromatic carbocycles. The molecule has 0 bridgehead atoms. The highest BCUT2D eigenvalue weighted by Gasteiger charge is 2.24. The molecule has 3 rings (SSSR count). The van der Waals surface area contributed by atoms with Crippen LogP contribution >= 0.6 is 0 Å². The van der Waals surface area contributed by atoms with Gasteiger partial charge in [0.05, 0.1) is 0 Å². The maximum absolute atomic E-state index is 12.2. The molecule has 6 heteroatoms. The van der Waals surface area contributed by atoms with Gasteiger partial charge in [-0.2, -0.15) is 0 Å². The van der Waals surface area contributed by atoms with Crippen molar-refractivity contribution in [3.8, 4) is 0 Å². The van der Waals surface area contributed by atoms with Crippen molar-refractivity contribution in [1.29, 1.82) is 0 Å². The fourth-order valence-electron chi connectivity index (χ4n) is 3.92. The molecule has 1 amide bonds. The number of carbonyl (C=O) groups is 1. The molecule has 1 aliphatic rings. The number of aliphatic imine (C=N–C) groups is 1. The average Bonchev–Trinajstić information content (AvgIpc) is 3.14. The van der Waals surface area contributed by atoms with Crippen LogP contribution in [0.2, 0.25) is 0 Å². The van der Waals surface area contributed by atoms with Gasteiger partial charge < -0.3 is 20.5 Å².